The molecule has 2 rings (SSSR count). The number of hydrogen-bond donors (Lipinski definition) is 1. The SMILES string of the molecule is CCN1CCCC(NC2CCN(C(=O)OC(C)(C)C)C2)C1. The summed E-state index contributed by atoms with van der Waals surface area (Å²) in [4.78, 5) is 16.4. The van der Waals surface area contributed by atoms with Crippen molar-refractivity contribution in [3.05, 3.63) is 0 Å². The standard InChI is InChI=1S/C16H31N3O2/c1-5-18-9-6-7-13(11-18)17-14-8-10-19(12-14)15(20)21-16(2,3)4/h13-14,17H,5-12H2,1-4H3. The van der Waals surface area contributed by atoms with E-state index in [4.69, 9.17) is 4.74 Å². The highest BCUT2D eigenvalue weighted by atomic mass is 16.6. The second-order valence-electron chi connectivity index (χ2n) is 7.31. The zero-order chi connectivity index (χ0) is 15.5. The summed E-state index contributed by atoms with van der Waals surface area (Å²) in [7, 11) is 0. The Morgan fingerprint density at radius 1 is 1.19 bits per heavy atom. The lowest BCUT2D eigenvalue weighted by molar-refractivity contribution is 0.0289. The fraction of sp³-hybridized carbons (Fsp3) is 0.938. The average Bonchev–Trinajstić information content (AvgIpc) is 2.85. The monoisotopic (exact) mass is 297 g/mol. The van der Waals surface area contributed by atoms with Gasteiger partial charge >= 0.3 is 6.09 Å². The molecule has 2 saturated heterocycles. The van der Waals surface area contributed by atoms with Crippen LogP contribution in [0, 0.1) is 0 Å². The molecular weight excluding hydrogens is 266 g/mol. The van der Waals surface area contributed by atoms with E-state index >= 15 is 0 Å². The van der Waals surface area contributed by atoms with Crippen LogP contribution in [0.4, 0.5) is 4.79 Å². The number of ether oxygens (including phenoxy) is 1. The molecule has 0 bridgehead atoms. The van der Waals surface area contributed by atoms with Crippen molar-refractivity contribution >= 4 is 6.09 Å². The maximum Gasteiger partial charge on any atom is 0.410 e. The van der Waals surface area contributed by atoms with E-state index in [1.807, 2.05) is 25.7 Å². The van der Waals surface area contributed by atoms with Crippen LogP contribution >= 0.6 is 0 Å². The Morgan fingerprint density at radius 2 is 1.90 bits per heavy atom. The highest BCUT2D eigenvalue weighted by Crippen LogP contribution is 2.17. The zero-order valence-electron chi connectivity index (χ0n) is 14.0. The van der Waals surface area contributed by atoms with Crippen LogP contribution in [0.5, 0.6) is 0 Å². The smallest absolute Gasteiger partial charge is 0.410 e. The second kappa shape index (κ2) is 6.97. The second-order valence-corrected chi connectivity index (χ2v) is 7.31. The maximum absolute atomic E-state index is 12.1. The Balaban J connectivity index is 1.76. The number of carbonyl (C=O) groups excluding carboxylic acids is 1. The van der Waals surface area contributed by atoms with Gasteiger partial charge in [0.2, 0.25) is 0 Å². The molecule has 1 amide bonds. The number of hydrogen-bond acceptors (Lipinski definition) is 4. The van der Waals surface area contributed by atoms with Gasteiger partial charge in [0.05, 0.1) is 0 Å². The largest absolute Gasteiger partial charge is 0.444 e. The molecule has 0 aromatic rings. The van der Waals surface area contributed by atoms with Crippen molar-refractivity contribution < 1.29 is 9.53 Å². The minimum absolute atomic E-state index is 0.175. The molecule has 5 heteroatoms. The number of nitrogens with one attached hydrogen (secondary N) is 1. The summed E-state index contributed by atoms with van der Waals surface area (Å²) in [6.45, 7) is 13.0. The average molecular weight is 297 g/mol. The Morgan fingerprint density at radius 3 is 2.57 bits per heavy atom. The van der Waals surface area contributed by atoms with Gasteiger partial charge in [0, 0.05) is 31.7 Å². The quantitative estimate of drug-likeness (QED) is 0.866. The Hall–Kier alpha value is -0.810. The number of likely N-dealkylation sites (N-methyl/N-ethyl adjacent to an activating group) is 1. The minimum Gasteiger partial charge on any atom is -0.444 e. The van der Waals surface area contributed by atoms with Crippen molar-refractivity contribution in [3.8, 4) is 0 Å². The first-order chi connectivity index (χ1) is 9.87. The molecule has 2 unspecified atom stereocenters. The van der Waals surface area contributed by atoms with E-state index in [1.165, 1.54) is 19.4 Å². The van der Waals surface area contributed by atoms with Crippen LogP contribution in [0.2, 0.25) is 0 Å². The predicted octanol–water partition coefficient (Wildman–Crippen LogP) is 2.07. The van der Waals surface area contributed by atoms with E-state index in [9.17, 15) is 4.79 Å². The van der Waals surface area contributed by atoms with Gasteiger partial charge in [-0.15, -0.1) is 0 Å². The molecule has 2 heterocycles. The molecule has 0 spiro atoms. The van der Waals surface area contributed by atoms with Gasteiger partial charge in [-0.2, -0.15) is 0 Å². The van der Waals surface area contributed by atoms with Gasteiger partial charge in [0.1, 0.15) is 5.60 Å². The first-order valence-corrected chi connectivity index (χ1v) is 8.33. The molecule has 0 aliphatic carbocycles. The van der Waals surface area contributed by atoms with Crippen molar-refractivity contribution in [1.29, 1.82) is 0 Å². The van der Waals surface area contributed by atoms with Gasteiger partial charge in [0.25, 0.3) is 0 Å². The van der Waals surface area contributed by atoms with Crippen LogP contribution in [0.1, 0.15) is 47.0 Å². The number of piperidine rings is 1. The first-order valence-electron chi connectivity index (χ1n) is 8.33. The molecule has 2 aliphatic heterocycles. The number of likely N-dealkylation sites (tertiary alicyclic amines) is 2. The number of nitrogens with zero attached hydrogens (tertiary/aromatic N) is 2. The maximum atomic E-state index is 12.1. The highest BCUT2D eigenvalue weighted by Gasteiger charge is 2.31. The van der Waals surface area contributed by atoms with Crippen molar-refractivity contribution in [2.24, 2.45) is 0 Å². The summed E-state index contributed by atoms with van der Waals surface area (Å²) in [5.74, 6) is 0. The summed E-state index contributed by atoms with van der Waals surface area (Å²) in [6.07, 6.45) is 3.38. The topological polar surface area (TPSA) is 44.8 Å². The third-order valence-corrected chi connectivity index (χ3v) is 4.26. The van der Waals surface area contributed by atoms with E-state index in [1.54, 1.807) is 0 Å². The van der Waals surface area contributed by atoms with E-state index in [-0.39, 0.29) is 6.09 Å². The molecule has 0 saturated carbocycles. The first kappa shape index (κ1) is 16.6. The van der Waals surface area contributed by atoms with Crippen LogP contribution < -0.4 is 5.32 Å². The van der Waals surface area contributed by atoms with E-state index in [0.717, 1.165) is 32.6 Å². The van der Waals surface area contributed by atoms with Crippen molar-refractivity contribution in [3.63, 3.8) is 0 Å². The molecule has 1 N–H and O–H groups in total. The Kier molecular flexibility index (Phi) is 5.49. The lowest BCUT2D eigenvalue weighted by Crippen LogP contribution is -2.49. The third-order valence-electron chi connectivity index (χ3n) is 4.26. The van der Waals surface area contributed by atoms with Gasteiger partial charge < -0.3 is 19.9 Å². The number of amides is 1. The molecule has 2 atom stereocenters. The van der Waals surface area contributed by atoms with Crippen molar-refractivity contribution in [2.75, 3.05) is 32.7 Å². The number of carbonyl (C=O) groups is 1. The van der Waals surface area contributed by atoms with E-state index in [0.29, 0.717) is 12.1 Å². The molecule has 21 heavy (non-hydrogen) atoms. The van der Waals surface area contributed by atoms with Crippen LogP contribution in [-0.2, 0) is 4.74 Å². The van der Waals surface area contributed by atoms with Gasteiger partial charge in [0.15, 0.2) is 0 Å². The van der Waals surface area contributed by atoms with Gasteiger partial charge in [-0.1, -0.05) is 6.92 Å². The minimum atomic E-state index is -0.409. The van der Waals surface area contributed by atoms with E-state index < -0.39 is 5.60 Å². The predicted molar refractivity (Wildman–Crippen MR) is 84.5 cm³/mol. The van der Waals surface area contributed by atoms with Crippen LogP contribution in [0.3, 0.4) is 0 Å². The summed E-state index contributed by atoms with van der Waals surface area (Å²) in [6, 6.07) is 0.988. The van der Waals surface area contributed by atoms with E-state index in [2.05, 4.69) is 17.1 Å². The van der Waals surface area contributed by atoms with Crippen LogP contribution in [0.15, 0.2) is 0 Å². The summed E-state index contributed by atoms with van der Waals surface area (Å²) in [5, 5.41) is 3.74. The fourth-order valence-electron chi connectivity index (χ4n) is 3.20. The van der Waals surface area contributed by atoms with Gasteiger partial charge in [-0.25, -0.2) is 4.79 Å². The van der Waals surface area contributed by atoms with Gasteiger partial charge in [-0.3, -0.25) is 0 Å². The lowest BCUT2D eigenvalue weighted by Gasteiger charge is -2.34. The molecular formula is C16H31N3O2. The summed E-state index contributed by atoms with van der Waals surface area (Å²) < 4.78 is 5.45. The Bertz CT molecular complexity index is 354. The Labute approximate surface area is 129 Å². The van der Waals surface area contributed by atoms with Crippen LogP contribution in [-0.4, -0.2) is 66.3 Å². The van der Waals surface area contributed by atoms with Gasteiger partial charge in [-0.05, 0) is 53.1 Å². The lowest BCUT2D eigenvalue weighted by atomic mass is 10.0. The molecule has 5 nitrogen and oxygen atoms in total. The molecule has 0 aromatic heterocycles. The summed E-state index contributed by atoms with van der Waals surface area (Å²) >= 11 is 0. The molecule has 2 fully saturated rings. The normalized spacial score (nSPS) is 27.9. The third kappa shape index (κ3) is 5.15. The summed E-state index contributed by atoms with van der Waals surface area (Å²) in [5.41, 5.74) is -0.409. The molecule has 2 aliphatic rings. The van der Waals surface area contributed by atoms with Crippen LogP contribution in [0.25, 0.3) is 0 Å². The molecule has 122 valence electrons. The molecule has 0 aromatic carbocycles. The van der Waals surface area contributed by atoms with Crippen molar-refractivity contribution in [1.82, 2.24) is 15.1 Å². The number of rotatable bonds is 3. The highest BCUT2D eigenvalue weighted by molar-refractivity contribution is 5.68. The fourth-order valence-corrected chi connectivity index (χ4v) is 3.20. The van der Waals surface area contributed by atoms with Crippen molar-refractivity contribution in [2.45, 2.75) is 64.6 Å². The zero-order valence-corrected chi connectivity index (χ0v) is 14.0. The molecule has 0 radical (unpaired) electrons.